The highest BCUT2D eigenvalue weighted by Gasteiger charge is 2.43. The standard InChI is InChI=1S/C13H23N5O4S/c1-10(2)12(19)14-11-8-18(15-22-11)17-7-6-16(23(5,20)21)9-13(17,3)4/h8,10H,6-7,9H2,1-5H3/p+1. The Morgan fingerprint density at radius 2 is 2.09 bits per heavy atom. The lowest BCUT2D eigenvalue weighted by Crippen LogP contribution is -2.74. The molecule has 2 rings (SSSR count). The number of nitrogens with one attached hydrogen (secondary N) is 1. The van der Waals surface area contributed by atoms with Crippen molar-refractivity contribution in [3.63, 3.8) is 0 Å². The third-order valence-corrected chi connectivity index (χ3v) is 5.02. The summed E-state index contributed by atoms with van der Waals surface area (Å²) in [6.07, 6.45) is 2.79. The molecular weight excluding hydrogens is 322 g/mol. The second-order valence-electron chi connectivity index (χ2n) is 6.66. The SMILES string of the molecule is CC(C)C(=O)Nc1c[n+](N2CCN(S(C)(=O)=O)CC2(C)C)no1. The molecule has 0 unspecified atom stereocenters. The van der Waals surface area contributed by atoms with Crippen molar-refractivity contribution in [3.05, 3.63) is 6.20 Å². The first kappa shape index (κ1) is 17.7. The number of nitrogens with zero attached hydrogens (tertiary/aromatic N) is 4. The lowest BCUT2D eigenvalue weighted by molar-refractivity contribution is -0.766. The zero-order valence-corrected chi connectivity index (χ0v) is 14.9. The topological polar surface area (TPSA) is 99.6 Å². The highest BCUT2D eigenvalue weighted by atomic mass is 32.2. The fraction of sp³-hybridized carbons (Fsp3) is 0.769. The van der Waals surface area contributed by atoms with Gasteiger partial charge in [-0.25, -0.2) is 8.42 Å². The number of anilines is 1. The third kappa shape index (κ3) is 3.99. The second kappa shape index (κ2) is 6.08. The van der Waals surface area contributed by atoms with Crippen molar-refractivity contribution in [2.24, 2.45) is 5.92 Å². The summed E-state index contributed by atoms with van der Waals surface area (Å²) in [4.78, 5) is 13.2. The van der Waals surface area contributed by atoms with E-state index in [-0.39, 0.29) is 17.7 Å². The summed E-state index contributed by atoms with van der Waals surface area (Å²) in [6.45, 7) is 8.61. The number of amides is 1. The minimum atomic E-state index is -3.23. The number of carbonyl (C=O) groups excluding carboxylic acids is 1. The highest BCUT2D eigenvalue weighted by Crippen LogP contribution is 2.19. The summed E-state index contributed by atoms with van der Waals surface area (Å²) in [6, 6.07) is 0. The zero-order valence-electron chi connectivity index (χ0n) is 14.1. The van der Waals surface area contributed by atoms with E-state index in [1.54, 1.807) is 20.0 Å². The van der Waals surface area contributed by atoms with Gasteiger partial charge >= 0.3 is 5.88 Å². The van der Waals surface area contributed by atoms with Crippen LogP contribution in [0.2, 0.25) is 0 Å². The summed E-state index contributed by atoms with van der Waals surface area (Å²) in [5.74, 6) is -0.0669. The minimum Gasteiger partial charge on any atom is -0.289 e. The molecule has 0 aromatic carbocycles. The number of hydrogen-bond donors (Lipinski definition) is 1. The first-order chi connectivity index (χ1) is 10.5. The molecule has 0 atom stereocenters. The summed E-state index contributed by atoms with van der Waals surface area (Å²) < 4.78 is 30.0. The van der Waals surface area contributed by atoms with E-state index in [1.807, 2.05) is 18.9 Å². The van der Waals surface area contributed by atoms with Gasteiger partial charge in [-0.3, -0.25) is 14.6 Å². The smallest absolute Gasteiger partial charge is 0.289 e. The van der Waals surface area contributed by atoms with Crippen molar-refractivity contribution in [3.8, 4) is 0 Å². The Labute approximate surface area is 136 Å². The van der Waals surface area contributed by atoms with Gasteiger partial charge in [-0.1, -0.05) is 13.8 Å². The van der Waals surface area contributed by atoms with Crippen LogP contribution in [0, 0.1) is 5.92 Å². The molecule has 0 spiro atoms. The van der Waals surface area contributed by atoms with Crippen LogP contribution in [0.25, 0.3) is 0 Å². The van der Waals surface area contributed by atoms with Crippen LogP contribution < -0.4 is 15.1 Å². The van der Waals surface area contributed by atoms with Gasteiger partial charge < -0.3 is 0 Å². The molecule has 1 aromatic rings. The van der Waals surface area contributed by atoms with Crippen LogP contribution in [-0.2, 0) is 14.8 Å². The van der Waals surface area contributed by atoms with Gasteiger partial charge in [0.15, 0.2) is 0 Å². The molecule has 23 heavy (non-hydrogen) atoms. The second-order valence-corrected chi connectivity index (χ2v) is 8.65. The van der Waals surface area contributed by atoms with E-state index in [0.717, 1.165) is 0 Å². The van der Waals surface area contributed by atoms with Gasteiger partial charge in [0.2, 0.25) is 21.2 Å². The molecule has 0 bridgehead atoms. The van der Waals surface area contributed by atoms with Crippen molar-refractivity contribution in [2.45, 2.75) is 33.2 Å². The number of sulfonamides is 1. The highest BCUT2D eigenvalue weighted by molar-refractivity contribution is 7.88. The first-order valence-corrected chi connectivity index (χ1v) is 9.28. The number of hydrogen-bond acceptors (Lipinski definition) is 6. The molecule has 1 N–H and O–H groups in total. The Hall–Kier alpha value is -1.68. The van der Waals surface area contributed by atoms with E-state index in [2.05, 4.69) is 10.6 Å². The van der Waals surface area contributed by atoms with Gasteiger partial charge in [0.25, 0.3) is 6.20 Å². The molecule has 0 saturated carbocycles. The van der Waals surface area contributed by atoms with Gasteiger partial charge in [-0.05, 0) is 13.8 Å². The molecule has 1 aromatic heterocycles. The lowest BCUT2D eigenvalue weighted by atomic mass is 10.0. The van der Waals surface area contributed by atoms with Crippen molar-refractivity contribution in [1.82, 2.24) is 9.58 Å². The fourth-order valence-electron chi connectivity index (χ4n) is 2.44. The molecule has 9 nitrogen and oxygen atoms in total. The number of carbonyl (C=O) groups is 1. The maximum absolute atomic E-state index is 11.7. The van der Waals surface area contributed by atoms with E-state index in [1.165, 1.54) is 15.4 Å². The maximum Gasteiger partial charge on any atom is 0.305 e. The maximum atomic E-state index is 11.7. The summed E-state index contributed by atoms with van der Waals surface area (Å²) in [7, 11) is -3.23. The Kier molecular flexibility index (Phi) is 4.67. The van der Waals surface area contributed by atoms with Crippen molar-refractivity contribution >= 4 is 21.8 Å². The number of aromatic nitrogens is 2. The molecule has 1 amide bonds. The lowest BCUT2D eigenvalue weighted by Gasteiger charge is -2.40. The summed E-state index contributed by atoms with van der Waals surface area (Å²) in [5, 5.41) is 8.47. The molecule has 0 radical (unpaired) electrons. The fourth-order valence-corrected chi connectivity index (χ4v) is 3.40. The number of piperazine rings is 1. The Morgan fingerprint density at radius 3 is 2.61 bits per heavy atom. The van der Waals surface area contributed by atoms with Gasteiger partial charge in [0.1, 0.15) is 5.54 Å². The van der Waals surface area contributed by atoms with Crippen LogP contribution in [0.5, 0.6) is 0 Å². The normalized spacial score (nSPS) is 19.1. The van der Waals surface area contributed by atoms with E-state index in [9.17, 15) is 13.2 Å². The quantitative estimate of drug-likeness (QED) is 0.741. The van der Waals surface area contributed by atoms with Crippen LogP contribution in [0.1, 0.15) is 27.7 Å². The van der Waals surface area contributed by atoms with E-state index in [4.69, 9.17) is 4.52 Å². The van der Waals surface area contributed by atoms with E-state index < -0.39 is 15.6 Å². The molecule has 1 aliphatic rings. The van der Waals surface area contributed by atoms with Crippen molar-refractivity contribution < 1.29 is 22.5 Å². The molecule has 1 saturated heterocycles. The zero-order chi connectivity index (χ0) is 17.4. The largest absolute Gasteiger partial charge is 0.305 e. The van der Waals surface area contributed by atoms with Gasteiger partial charge in [-0.2, -0.15) is 4.31 Å². The van der Waals surface area contributed by atoms with Gasteiger partial charge in [0, 0.05) is 19.0 Å². The van der Waals surface area contributed by atoms with Crippen molar-refractivity contribution in [1.29, 1.82) is 0 Å². The molecule has 1 fully saturated rings. The van der Waals surface area contributed by atoms with Crippen LogP contribution >= 0.6 is 0 Å². The van der Waals surface area contributed by atoms with Crippen molar-refractivity contribution in [2.75, 3.05) is 36.2 Å². The molecular formula is C13H24N5O4S+. The predicted molar refractivity (Wildman–Crippen MR) is 83.7 cm³/mol. The monoisotopic (exact) mass is 346 g/mol. The van der Waals surface area contributed by atoms with E-state index in [0.29, 0.717) is 19.6 Å². The Bertz CT molecular complexity index is 682. The Balaban J connectivity index is 2.14. The average Bonchev–Trinajstić information content (AvgIpc) is 2.84. The molecule has 0 aliphatic carbocycles. The third-order valence-electron chi connectivity index (χ3n) is 3.77. The predicted octanol–water partition coefficient (Wildman–Crippen LogP) is -0.452. The first-order valence-electron chi connectivity index (χ1n) is 7.43. The molecule has 1 aliphatic heterocycles. The average molecular weight is 346 g/mol. The van der Waals surface area contributed by atoms with Crippen LogP contribution in [-0.4, -0.2) is 55.3 Å². The van der Waals surface area contributed by atoms with Gasteiger partial charge in [-0.15, -0.1) is 5.01 Å². The molecule has 2 heterocycles. The molecule has 10 heteroatoms. The van der Waals surface area contributed by atoms with Gasteiger partial charge in [0.05, 0.1) is 17.6 Å². The molecule has 130 valence electrons. The summed E-state index contributed by atoms with van der Waals surface area (Å²) in [5.41, 5.74) is -0.470. The van der Waals surface area contributed by atoms with E-state index >= 15 is 0 Å². The van der Waals surface area contributed by atoms with Crippen LogP contribution in [0.3, 0.4) is 0 Å². The van der Waals surface area contributed by atoms with Crippen LogP contribution in [0.4, 0.5) is 5.88 Å². The number of rotatable bonds is 4. The minimum absolute atomic E-state index is 0.158. The Morgan fingerprint density at radius 1 is 1.43 bits per heavy atom. The summed E-state index contributed by atoms with van der Waals surface area (Å²) >= 11 is 0. The van der Waals surface area contributed by atoms with Crippen LogP contribution in [0.15, 0.2) is 10.7 Å².